The van der Waals surface area contributed by atoms with E-state index in [1.165, 1.54) is 13.4 Å². The van der Waals surface area contributed by atoms with E-state index >= 15 is 0 Å². The molecule has 0 saturated heterocycles. The van der Waals surface area contributed by atoms with Crippen LogP contribution in [0.25, 0.3) is 22.2 Å². The number of ether oxygens (including phenoxy) is 2. The highest BCUT2D eigenvalue weighted by Crippen LogP contribution is 2.31. The molecule has 200 valence electrons. The van der Waals surface area contributed by atoms with E-state index in [9.17, 15) is 9.18 Å². The predicted octanol–water partition coefficient (Wildman–Crippen LogP) is 4.71. The fourth-order valence-electron chi connectivity index (χ4n) is 4.03. The first-order valence-corrected chi connectivity index (χ1v) is 12.1. The topological polar surface area (TPSA) is 111 Å². The molecule has 0 unspecified atom stereocenters. The van der Waals surface area contributed by atoms with Gasteiger partial charge in [-0.3, -0.25) is 9.78 Å². The first-order chi connectivity index (χ1) is 18.0. The Morgan fingerprint density at radius 3 is 2.58 bits per heavy atom. The normalized spacial score (nSPS) is 11.4. The molecule has 3 heterocycles. The van der Waals surface area contributed by atoms with Crippen LogP contribution >= 0.6 is 13.5 Å². The van der Waals surface area contributed by atoms with E-state index in [1.54, 1.807) is 18.3 Å². The van der Waals surface area contributed by atoms with E-state index in [0.717, 1.165) is 17.3 Å². The Morgan fingerprint density at radius 2 is 1.84 bits per heavy atom. The molecular formula is C27H31FN6O3S. The summed E-state index contributed by atoms with van der Waals surface area (Å²) < 4.78 is 25.6. The number of halogens is 1. The number of hydrogen-bond acceptors (Lipinski definition) is 8. The molecule has 0 fully saturated rings. The van der Waals surface area contributed by atoms with Crippen molar-refractivity contribution in [3.63, 3.8) is 0 Å². The monoisotopic (exact) mass is 538 g/mol. The zero-order chi connectivity index (χ0) is 26.4. The van der Waals surface area contributed by atoms with Crippen LogP contribution in [0, 0.1) is 5.82 Å². The Bertz CT molecular complexity index is 1420. The first kappa shape index (κ1) is 28.6. The van der Waals surface area contributed by atoms with Gasteiger partial charge in [0, 0.05) is 42.7 Å². The summed E-state index contributed by atoms with van der Waals surface area (Å²) >= 11 is 0. The molecular weight excluding hydrogens is 507 g/mol. The average Bonchev–Trinajstić information content (AvgIpc) is 2.92. The Morgan fingerprint density at radius 1 is 1.05 bits per heavy atom. The lowest BCUT2D eigenvalue weighted by Crippen LogP contribution is -2.20. The van der Waals surface area contributed by atoms with Gasteiger partial charge < -0.3 is 20.1 Å². The minimum Gasteiger partial charge on any atom is -0.488 e. The van der Waals surface area contributed by atoms with Crippen LogP contribution in [0.2, 0.25) is 0 Å². The summed E-state index contributed by atoms with van der Waals surface area (Å²) in [5.74, 6) is 0.470. The van der Waals surface area contributed by atoms with Gasteiger partial charge in [0.2, 0.25) is 0 Å². The van der Waals surface area contributed by atoms with Gasteiger partial charge >= 0.3 is 0 Å². The molecule has 0 radical (unpaired) electrons. The number of rotatable bonds is 10. The van der Waals surface area contributed by atoms with Crippen molar-refractivity contribution >= 4 is 36.1 Å². The zero-order valence-electron chi connectivity index (χ0n) is 21.7. The Balaban J connectivity index is 0.00000400. The van der Waals surface area contributed by atoms with Crippen LogP contribution in [0.1, 0.15) is 42.6 Å². The van der Waals surface area contributed by atoms with Gasteiger partial charge in [-0.05, 0) is 25.5 Å². The first-order valence-electron chi connectivity index (χ1n) is 12.1. The molecule has 3 aromatic heterocycles. The summed E-state index contributed by atoms with van der Waals surface area (Å²) in [4.78, 5) is 29.7. The average molecular weight is 539 g/mol. The number of anilines is 1. The summed E-state index contributed by atoms with van der Waals surface area (Å²) in [6.07, 6.45) is 4.26. The molecule has 0 saturated carbocycles. The zero-order valence-corrected chi connectivity index (χ0v) is 22.7. The Labute approximate surface area is 227 Å². The molecule has 4 aromatic rings. The van der Waals surface area contributed by atoms with Crippen LogP contribution in [0.4, 0.5) is 10.2 Å². The second-order valence-corrected chi connectivity index (χ2v) is 8.27. The van der Waals surface area contributed by atoms with Crippen molar-refractivity contribution in [3.05, 3.63) is 66.0 Å². The van der Waals surface area contributed by atoms with Crippen LogP contribution in [0.15, 0.2) is 49.1 Å². The number of amides is 1. The Hall–Kier alpha value is -3.99. The van der Waals surface area contributed by atoms with E-state index in [4.69, 9.17) is 9.47 Å². The molecule has 4 rings (SSSR count). The number of pyridine rings is 2. The third-order valence-electron chi connectivity index (χ3n) is 5.82. The summed E-state index contributed by atoms with van der Waals surface area (Å²) in [6, 6.07) is 9.12. The quantitative estimate of drug-likeness (QED) is 0.299. The molecule has 9 nitrogen and oxygen atoms in total. The highest BCUT2D eigenvalue weighted by atomic mass is 32.1. The fraction of sp³-hybridized carbons (Fsp3) is 0.296. The lowest BCUT2D eigenvalue weighted by Gasteiger charge is -2.17. The van der Waals surface area contributed by atoms with E-state index < -0.39 is 11.7 Å². The second kappa shape index (κ2) is 13.0. The van der Waals surface area contributed by atoms with Crippen molar-refractivity contribution < 1.29 is 18.7 Å². The van der Waals surface area contributed by atoms with Crippen molar-refractivity contribution in [3.8, 4) is 22.9 Å². The minimum absolute atomic E-state index is 0. The molecule has 38 heavy (non-hydrogen) atoms. The van der Waals surface area contributed by atoms with Gasteiger partial charge in [-0.2, -0.15) is 13.5 Å². The number of hydrogen-bond donors (Lipinski definition) is 2. The number of benzene rings is 1. The van der Waals surface area contributed by atoms with E-state index in [0.29, 0.717) is 53.8 Å². The van der Waals surface area contributed by atoms with Gasteiger partial charge in [-0.1, -0.05) is 25.1 Å². The van der Waals surface area contributed by atoms with Crippen molar-refractivity contribution in [2.24, 2.45) is 0 Å². The van der Waals surface area contributed by atoms with Gasteiger partial charge in [0.05, 0.1) is 36.2 Å². The lowest BCUT2D eigenvalue weighted by atomic mass is 9.96. The van der Waals surface area contributed by atoms with Crippen LogP contribution in [-0.4, -0.2) is 52.6 Å². The molecule has 0 aliphatic heterocycles. The lowest BCUT2D eigenvalue weighted by molar-refractivity contribution is 0.0960. The van der Waals surface area contributed by atoms with Crippen LogP contribution in [0.5, 0.6) is 11.6 Å². The van der Waals surface area contributed by atoms with Gasteiger partial charge in [-0.15, -0.1) is 0 Å². The van der Waals surface area contributed by atoms with E-state index in [1.807, 2.05) is 39.0 Å². The number of carbonyl (C=O) groups excluding carboxylic acids is 1. The van der Waals surface area contributed by atoms with Crippen LogP contribution in [0.3, 0.4) is 0 Å². The number of fused-ring (bicyclic) bond motifs is 1. The van der Waals surface area contributed by atoms with Gasteiger partial charge in [0.15, 0.2) is 11.6 Å². The number of carbonyl (C=O) groups is 1. The summed E-state index contributed by atoms with van der Waals surface area (Å²) in [6.45, 7) is 7.31. The smallest absolute Gasteiger partial charge is 0.257 e. The van der Waals surface area contributed by atoms with Gasteiger partial charge in [0.1, 0.15) is 12.1 Å². The van der Waals surface area contributed by atoms with Crippen molar-refractivity contribution in [1.29, 1.82) is 0 Å². The summed E-state index contributed by atoms with van der Waals surface area (Å²) in [7, 11) is 1.47. The molecule has 2 N–H and O–H groups in total. The number of para-hydroxylation sites is 1. The fourth-order valence-corrected chi connectivity index (χ4v) is 4.03. The maximum absolute atomic E-state index is 14.4. The minimum atomic E-state index is -0.653. The summed E-state index contributed by atoms with van der Waals surface area (Å²) in [5.41, 5.74) is 2.92. The highest BCUT2D eigenvalue weighted by Gasteiger charge is 2.19. The molecule has 0 aliphatic rings. The molecule has 11 heteroatoms. The van der Waals surface area contributed by atoms with Gasteiger partial charge in [-0.25, -0.2) is 19.3 Å². The molecule has 1 aromatic carbocycles. The maximum Gasteiger partial charge on any atom is 0.257 e. The van der Waals surface area contributed by atoms with Crippen molar-refractivity contribution in [1.82, 2.24) is 25.3 Å². The number of nitrogens with one attached hydrogen (secondary N) is 2. The van der Waals surface area contributed by atoms with Gasteiger partial charge in [0.25, 0.3) is 11.8 Å². The Kier molecular flexibility index (Phi) is 9.78. The molecule has 0 spiro atoms. The molecule has 1 atom stereocenters. The number of aromatic nitrogens is 4. The SMILES string of the molecule is CCOc1cc(-c2cc(NC[C@@H](C)c3cccc4c(C(=O)NC)c(F)cnc34)ncn2)cnc1OCC.S. The summed E-state index contributed by atoms with van der Waals surface area (Å²) in [5, 5.41) is 6.31. The van der Waals surface area contributed by atoms with Crippen molar-refractivity contribution in [2.45, 2.75) is 26.7 Å². The standard InChI is InChI=1S/C27H29FN6O3.H2S/c1-5-36-22-10-17(13-32-27(22)37-6-2)21-11-23(34-15-33-21)30-12-16(3)18-8-7-9-19-24(26(35)29-4)20(28)14-31-25(18)19;/h7-11,13-16H,5-6,12H2,1-4H3,(H,29,35)(H,30,33,34);1H2/t16-;/m1./s1. The third-order valence-corrected chi connectivity index (χ3v) is 5.82. The largest absolute Gasteiger partial charge is 0.488 e. The van der Waals surface area contributed by atoms with Crippen molar-refractivity contribution in [2.75, 3.05) is 32.1 Å². The predicted molar refractivity (Wildman–Crippen MR) is 150 cm³/mol. The maximum atomic E-state index is 14.4. The molecule has 1 amide bonds. The third kappa shape index (κ3) is 6.10. The molecule has 0 aliphatic carbocycles. The molecule has 0 bridgehead atoms. The number of nitrogens with zero attached hydrogens (tertiary/aromatic N) is 4. The second-order valence-electron chi connectivity index (χ2n) is 8.27. The highest BCUT2D eigenvalue weighted by molar-refractivity contribution is 7.59. The van der Waals surface area contributed by atoms with Crippen LogP contribution in [-0.2, 0) is 0 Å². The van der Waals surface area contributed by atoms with Crippen LogP contribution < -0.4 is 20.1 Å². The van der Waals surface area contributed by atoms with E-state index in [2.05, 4.69) is 30.6 Å². The van der Waals surface area contributed by atoms with E-state index in [-0.39, 0.29) is 25.0 Å².